The molecule has 0 saturated carbocycles. The van der Waals surface area contributed by atoms with Crippen LogP contribution in [0.1, 0.15) is 25.8 Å². The zero-order chi connectivity index (χ0) is 19.6. The molecule has 2 nitrogen and oxygen atoms in total. The number of halogens is 4. The Morgan fingerprint density at radius 2 is 1.56 bits per heavy atom. The molecule has 6 heteroatoms. The predicted octanol–water partition coefficient (Wildman–Crippen LogP) is 7.48. The Kier molecular flexibility index (Phi) is 5.51. The van der Waals surface area contributed by atoms with Gasteiger partial charge in [-0.25, -0.2) is 0 Å². The molecule has 0 saturated heterocycles. The number of ether oxygens (including phenoxy) is 2. The molecule has 0 spiro atoms. The molecule has 0 radical (unpaired) electrons. The third-order valence-corrected chi connectivity index (χ3v) is 4.48. The number of alkyl halides is 3. The Balaban J connectivity index is 1.82. The van der Waals surface area contributed by atoms with Crippen molar-refractivity contribution in [1.29, 1.82) is 0 Å². The molecule has 0 aliphatic rings. The van der Waals surface area contributed by atoms with Crippen molar-refractivity contribution in [2.24, 2.45) is 0 Å². The van der Waals surface area contributed by atoms with Gasteiger partial charge in [-0.2, -0.15) is 13.2 Å². The normalized spacial score (nSPS) is 12.8. The first-order valence-electron chi connectivity index (χ1n) is 8.51. The third-order valence-electron chi connectivity index (χ3n) is 4.18. The zero-order valence-corrected chi connectivity index (χ0v) is 15.6. The van der Waals surface area contributed by atoms with Crippen molar-refractivity contribution in [3.8, 4) is 17.2 Å². The largest absolute Gasteiger partial charge is 0.491 e. The van der Waals surface area contributed by atoms with Crippen LogP contribution < -0.4 is 9.47 Å². The van der Waals surface area contributed by atoms with Gasteiger partial charge in [-0.1, -0.05) is 30.7 Å². The van der Waals surface area contributed by atoms with Crippen molar-refractivity contribution in [2.75, 3.05) is 0 Å². The van der Waals surface area contributed by atoms with E-state index in [1.807, 2.05) is 31.2 Å². The summed E-state index contributed by atoms with van der Waals surface area (Å²) < 4.78 is 49.7. The number of hydrogen-bond donors (Lipinski definition) is 0. The second-order valence-corrected chi connectivity index (χ2v) is 6.66. The van der Waals surface area contributed by atoms with Crippen LogP contribution in [0.15, 0.2) is 54.6 Å². The van der Waals surface area contributed by atoms with E-state index in [0.29, 0.717) is 5.75 Å². The maximum atomic E-state index is 12.7. The molecular weight excluding hydrogens is 377 g/mol. The Morgan fingerprint density at radius 3 is 2.15 bits per heavy atom. The lowest BCUT2D eigenvalue weighted by molar-refractivity contribution is -0.137. The summed E-state index contributed by atoms with van der Waals surface area (Å²) in [6.45, 7) is 4.07. The molecule has 0 bridgehead atoms. The van der Waals surface area contributed by atoms with E-state index in [1.165, 1.54) is 6.07 Å². The minimum Gasteiger partial charge on any atom is -0.491 e. The van der Waals surface area contributed by atoms with Crippen LogP contribution in [0.25, 0.3) is 10.8 Å². The van der Waals surface area contributed by atoms with Crippen LogP contribution in [-0.4, -0.2) is 6.10 Å². The van der Waals surface area contributed by atoms with E-state index in [-0.39, 0.29) is 16.9 Å². The molecule has 0 heterocycles. The average molecular weight is 395 g/mol. The highest BCUT2D eigenvalue weighted by atomic mass is 35.5. The molecule has 0 amide bonds. The molecule has 3 rings (SSSR count). The summed E-state index contributed by atoms with van der Waals surface area (Å²) >= 11 is 5.94. The first kappa shape index (κ1) is 19.4. The Morgan fingerprint density at radius 1 is 0.926 bits per heavy atom. The summed E-state index contributed by atoms with van der Waals surface area (Å²) in [6, 6.07) is 14.2. The fourth-order valence-corrected chi connectivity index (χ4v) is 2.76. The van der Waals surface area contributed by atoms with Gasteiger partial charge in [0, 0.05) is 0 Å². The topological polar surface area (TPSA) is 18.5 Å². The minimum atomic E-state index is -4.44. The molecule has 0 aliphatic heterocycles. The quantitative estimate of drug-likeness (QED) is 0.446. The molecule has 27 heavy (non-hydrogen) atoms. The van der Waals surface area contributed by atoms with Crippen LogP contribution in [0.2, 0.25) is 5.02 Å². The van der Waals surface area contributed by atoms with E-state index in [2.05, 4.69) is 6.92 Å². The molecular formula is C21H18ClF3O2. The summed E-state index contributed by atoms with van der Waals surface area (Å²) in [7, 11) is 0. The van der Waals surface area contributed by atoms with Crippen molar-refractivity contribution in [1.82, 2.24) is 0 Å². The smallest absolute Gasteiger partial charge is 0.416 e. The van der Waals surface area contributed by atoms with Gasteiger partial charge in [0.1, 0.15) is 17.2 Å². The highest BCUT2D eigenvalue weighted by Crippen LogP contribution is 2.37. The van der Waals surface area contributed by atoms with Gasteiger partial charge in [0.15, 0.2) is 0 Å². The van der Waals surface area contributed by atoms with Gasteiger partial charge in [0.2, 0.25) is 0 Å². The van der Waals surface area contributed by atoms with Crippen LogP contribution in [0, 0.1) is 0 Å². The van der Waals surface area contributed by atoms with Crippen molar-refractivity contribution in [3.63, 3.8) is 0 Å². The molecule has 1 unspecified atom stereocenters. The van der Waals surface area contributed by atoms with Crippen molar-refractivity contribution < 1.29 is 22.6 Å². The van der Waals surface area contributed by atoms with Crippen LogP contribution >= 0.6 is 11.6 Å². The van der Waals surface area contributed by atoms with E-state index in [4.69, 9.17) is 21.1 Å². The maximum Gasteiger partial charge on any atom is 0.416 e. The monoisotopic (exact) mass is 394 g/mol. The summed E-state index contributed by atoms with van der Waals surface area (Å²) in [6.07, 6.45) is -3.40. The summed E-state index contributed by atoms with van der Waals surface area (Å²) in [4.78, 5) is 0. The summed E-state index contributed by atoms with van der Waals surface area (Å²) in [5.74, 6) is 1.44. The summed E-state index contributed by atoms with van der Waals surface area (Å²) in [5.41, 5.74) is -0.813. The number of fused-ring (bicyclic) bond motifs is 1. The molecule has 3 aromatic rings. The van der Waals surface area contributed by atoms with Gasteiger partial charge in [0.05, 0.1) is 16.7 Å². The van der Waals surface area contributed by atoms with Crippen LogP contribution in [0.5, 0.6) is 17.2 Å². The number of benzene rings is 3. The fraction of sp³-hybridized carbons (Fsp3) is 0.238. The first-order chi connectivity index (χ1) is 12.8. The molecule has 0 N–H and O–H groups in total. The second-order valence-electron chi connectivity index (χ2n) is 6.25. The van der Waals surface area contributed by atoms with Crippen molar-refractivity contribution >= 4 is 22.4 Å². The van der Waals surface area contributed by atoms with Gasteiger partial charge in [-0.05, 0) is 66.6 Å². The van der Waals surface area contributed by atoms with Gasteiger partial charge >= 0.3 is 6.18 Å². The SMILES string of the molecule is CCC(C)Oc1ccc2cc(Oc3ccc(C(F)(F)F)cc3Cl)ccc2c1. The highest BCUT2D eigenvalue weighted by molar-refractivity contribution is 6.32. The van der Waals surface area contributed by atoms with E-state index >= 15 is 0 Å². The Labute approximate surface area is 160 Å². The molecule has 0 fully saturated rings. The second kappa shape index (κ2) is 7.69. The highest BCUT2D eigenvalue weighted by Gasteiger charge is 2.31. The number of hydrogen-bond acceptors (Lipinski definition) is 2. The molecule has 1 atom stereocenters. The standard InChI is InChI=1S/C21H18ClF3O2/c1-3-13(2)26-17-7-4-15-11-18(8-5-14(15)10-17)27-20-9-6-16(12-19(20)22)21(23,24)25/h4-13H,3H2,1-2H3. The third kappa shape index (κ3) is 4.66. The molecule has 3 aromatic carbocycles. The van der Waals surface area contributed by atoms with Crippen LogP contribution in [-0.2, 0) is 6.18 Å². The lowest BCUT2D eigenvalue weighted by Gasteiger charge is -2.14. The van der Waals surface area contributed by atoms with Crippen LogP contribution in [0.3, 0.4) is 0 Å². The van der Waals surface area contributed by atoms with E-state index in [0.717, 1.165) is 35.1 Å². The predicted molar refractivity (Wildman–Crippen MR) is 101 cm³/mol. The minimum absolute atomic E-state index is 0.0952. The van der Waals surface area contributed by atoms with Gasteiger partial charge < -0.3 is 9.47 Å². The lowest BCUT2D eigenvalue weighted by atomic mass is 10.1. The molecule has 0 aromatic heterocycles. The van der Waals surface area contributed by atoms with Crippen LogP contribution in [0.4, 0.5) is 13.2 Å². The van der Waals surface area contributed by atoms with Gasteiger partial charge in [-0.15, -0.1) is 0 Å². The number of rotatable bonds is 5. The Hall–Kier alpha value is -2.40. The van der Waals surface area contributed by atoms with Gasteiger partial charge in [0.25, 0.3) is 0 Å². The molecule has 142 valence electrons. The van der Waals surface area contributed by atoms with Crippen molar-refractivity contribution in [2.45, 2.75) is 32.5 Å². The average Bonchev–Trinajstić information content (AvgIpc) is 2.62. The van der Waals surface area contributed by atoms with Gasteiger partial charge in [-0.3, -0.25) is 0 Å². The molecule has 0 aliphatic carbocycles. The lowest BCUT2D eigenvalue weighted by Crippen LogP contribution is -2.09. The zero-order valence-electron chi connectivity index (χ0n) is 14.8. The first-order valence-corrected chi connectivity index (χ1v) is 8.89. The van der Waals surface area contributed by atoms with E-state index in [9.17, 15) is 13.2 Å². The Bertz CT molecular complexity index is 954. The van der Waals surface area contributed by atoms with E-state index in [1.54, 1.807) is 12.1 Å². The fourth-order valence-electron chi connectivity index (χ4n) is 2.54. The van der Waals surface area contributed by atoms with E-state index < -0.39 is 11.7 Å². The van der Waals surface area contributed by atoms with Crippen molar-refractivity contribution in [3.05, 3.63) is 65.2 Å². The summed E-state index contributed by atoms with van der Waals surface area (Å²) in [5, 5.41) is 1.80. The maximum absolute atomic E-state index is 12.7.